The van der Waals surface area contributed by atoms with Gasteiger partial charge in [-0.1, -0.05) is 6.42 Å². The van der Waals surface area contributed by atoms with Crippen LogP contribution in [0.15, 0.2) is 18.2 Å². The standard InChI is InChI=1S/C14H19NO/c1-11(16)12-7-8-14-13(10-12)6-4-3-5-9-15(14)2/h7-8,10H,3-6,9H2,1-2H3. The van der Waals surface area contributed by atoms with Crippen LogP contribution >= 0.6 is 0 Å². The molecule has 0 radical (unpaired) electrons. The molecule has 1 aromatic rings. The number of carbonyl (C=O) groups is 1. The molecule has 0 bridgehead atoms. The van der Waals surface area contributed by atoms with Gasteiger partial charge in [0, 0.05) is 24.8 Å². The van der Waals surface area contributed by atoms with Crippen molar-refractivity contribution in [1.82, 2.24) is 0 Å². The van der Waals surface area contributed by atoms with E-state index in [1.165, 1.54) is 30.5 Å². The molecular formula is C14H19NO. The Morgan fingerprint density at radius 3 is 2.81 bits per heavy atom. The average molecular weight is 217 g/mol. The molecule has 0 saturated heterocycles. The summed E-state index contributed by atoms with van der Waals surface area (Å²) in [5.74, 6) is 0.160. The summed E-state index contributed by atoms with van der Waals surface area (Å²) >= 11 is 0. The van der Waals surface area contributed by atoms with E-state index in [2.05, 4.69) is 24.1 Å². The van der Waals surface area contributed by atoms with E-state index in [4.69, 9.17) is 0 Å². The van der Waals surface area contributed by atoms with Gasteiger partial charge >= 0.3 is 0 Å². The fourth-order valence-corrected chi connectivity index (χ4v) is 2.34. The fourth-order valence-electron chi connectivity index (χ4n) is 2.34. The van der Waals surface area contributed by atoms with E-state index in [1.54, 1.807) is 6.92 Å². The normalized spacial score (nSPS) is 16.2. The zero-order valence-electron chi connectivity index (χ0n) is 10.1. The van der Waals surface area contributed by atoms with Gasteiger partial charge < -0.3 is 4.90 Å². The van der Waals surface area contributed by atoms with Crippen molar-refractivity contribution in [3.8, 4) is 0 Å². The highest BCUT2D eigenvalue weighted by molar-refractivity contribution is 5.94. The van der Waals surface area contributed by atoms with Gasteiger partial charge in [-0.05, 0) is 49.9 Å². The lowest BCUT2D eigenvalue weighted by Gasteiger charge is -2.25. The molecule has 16 heavy (non-hydrogen) atoms. The predicted molar refractivity (Wildman–Crippen MR) is 67.3 cm³/mol. The number of nitrogens with zero attached hydrogens (tertiary/aromatic N) is 1. The van der Waals surface area contributed by atoms with Crippen LogP contribution in [0.25, 0.3) is 0 Å². The Morgan fingerprint density at radius 2 is 2.06 bits per heavy atom. The zero-order valence-corrected chi connectivity index (χ0v) is 10.1. The molecule has 2 rings (SSSR count). The Bertz CT molecular complexity index is 398. The Labute approximate surface area is 97.3 Å². The van der Waals surface area contributed by atoms with Crippen LogP contribution in [0.3, 0.4) is 0 Å². The number of carbonyl (C=O) groups excluding carboxylic acids is 1. The Hall–Kier alpha value is -1.31. The van der Waals surface area contributed by atoms with Crippen molar-refractivity contribution in [3.05, 3.63) is 29.3 Å². The number of aryl methyl sites for hydroxylation is 1. The summed E-state index contributed by atoms with van der Waals surface area (Å²) in [5.41, 5.74) is 3.47. The Morgan fingerprint density at radius 1 is 1.25 bits per heavy atom. The van der Waals surface area contributed by atoms with Crippen LogP contribution in [0, 0.1) is 0 Å². The Balaban J connectivity index is 2.38. The molecule has 86 valence electrons. The van der Waals surface area contributed by atoms with Crippen molar-refractivity contribution < 1.29 is 4.79 Å². The van der Waals surface area contributed by atoms with Crippen molar-refractivity contribution in [2.75, 3.05) is 18.5 Å². The van der Waals surface area contributed by atoms with Gasteiger partial charge in [0.1, 0.15) is 0 Å². The second-order valence-electron chi connectivity index (χ2n) is 4.63. The molecule has 2 heteroatoms. The first kappa shape index (κ1) is 11.2. The maximum Gasteiger partial charge on any atom is 0.159 e. The number of ketones is 1. The van der Waals surface area contributed by atoms with E-state index in [0.717, 1.165) is 18.5 Å². The van der Waals surface area contributed by atoms with E-state index >= 15 is 0 Å². The third-order valence-corrected chi connectivity index (χ3v) is 3.34. The zero-order chi connectivity index (χ0) is 11.5. The highest BCUT2D eigenvalue weighted by Crippen LogP contribution is 2.25. The monoisotopic (exact) mass is 217 g/mol. The largest absolute Gasteiger partial charge is 0.374 e. The fraction of sp³-hybridized carbons (Fsp3) is 0.500. The number of anilines is 1. The number of rotatable bonds is 1. The second-order valence-corrected chi connectivity index (χ2v) is 4.63. The van der Waals surface area contributed by atoms with E-state index < -0.39 is 0 Å². The smallest absolute Gasteiger partial charge is 0.159 e. The van der Waals surface area contributed by atoms with Gasteiger partial charge in [0.2, 0.25) is 0 Å². The summed E-state index contributed by atoms with van der Waals surface area (Å²) in [6.07, 6.45) is 4.89. The summed E-state index contributed by atoms with van der Waals surface area (Å²) in [7, 11) is 2.14. The highest BCUT2D eigenvalue weighted by atomic mass is 16.1. The molecule has 0 unspecified atom stereocenters. The minimum absolute atomic E-state index is 0.160. The molecule has 0 atom stereocenters. The minimum atomic E-state index is 0.160. The maximum atomic E-state index is 11.4. The molecule has 0 fully saturated rings. The molecule has 2 nitrogen and oxygen atoms in total. The van der Waals surface area contributed by atoms with E-state index in [-0.39, 0.29) is 5.78 Å². The van der Waals surface area contributed by atoms with Crippen molar-refractivity contribution >= 4 is 11.5 Å². The van der Waals surface area contributed by atoms with Crippen molar-refractivity contribution in [2.45, 2.75) is 32.6 Å². The van der Waals surface area contributed by atoms with E-state index in [1.807, 2.05) is 6.07 Å². The van der Waals surface area contributed by atoms with Crippen LogP contribution < -0.4 is 4.90 Å². The SMILES string of the molecule is CC(=O)c1ccc2c(c1)CCCCCN2C. The number of hydrogen-bond acceptors (Lipinski definition) is 2. The average Bonchev–Trinajstić information content (AvgIpc) is 2.25. The molecule has 0 saturated carbocycles. The van der Waals surface area contributed by atoms with Crippen LogP contribution in [-0.2, 0) is 6.42 Å². The van der Waals surface area contributed by atoms with Crippen LogP contribution in [0.1, 0.15) is 42.1 Å². The lowest BCUT2D eigenvalue weighted by Crippen LogP contribution is -2.21. The summed E-state index contributed by atoms with van der Waals surface area (Å²) < 4.78 is 0. The first-order chi connectivity index (χ1) is 7.68. The van der Waals surface area contributed by atoms with Crippen molar-refractivity contribution in [1.29, 1.82) is 0 Å². The molecule has 0 spiro atoms. The Kier molecular flexibility index (Phi) is 3.28. The van der Waals surface area contributed by atoms with Crippen molar-refractivity contribution in [2.24, 2.45) is 0 Å². The van der Waals surface area contributed by atoms with Gasteiger partial charge in [0.05, 0.1) is 0 Å². The number of Topliss-reactive ketones (excluding diaryl/α,β-unsaturated/α-hetero) is 1. The first-order valence-electron chi connectivity index (χ1n) is 6.03. The summed E-state index contributed by atoms with van der Waals surface area (Å²) in [6.45, 7) is 2.75. The van der Waals surface area contributed by atoms with Crippen LogP contribution in [0.4, 0.5) is 5.69 Å². The van der Waals surface area contributed by atoms with Crippen LogP contribution in [-0.4, -0.2) is 19.4 Å². The van der Waals surface area contributed by atoms with Gasteiger partial charge in [-0.2, -0.15) is 0 Å². The van der Waals surface area contributed by atoms with Gasteiger partial charge in [0.15, 0.2) is 5.78 Å². The quantitative estimate of drug-likeness (QED) is 0.674. The molecule has 1 heterocycles. The highest BCUT2D eigenvalue weighted by Gasteiger charge is 2.12. The van der Waals surface area contributed by atoms with Crippen LogP contribution in [0.5, 0.6) is 0 Å². The number of hydrogen-bond donors (Lipinski definition) is 0. The van der Waals surface area contributed by atoms with Gasteiger partial charge in [-0.15, -0.1) is 0 Å². The molecular weight excluding hydrogens is 198 g/mol. The third kappa shape index (κ3) is 2.26. The summed E-state index contributed by atoms with van der Waals surface area (Å²) in [4.78, 5) is 13.7. The second kappa shape index (κ2) is 4.69. The number of benzene rings is 1. The summed E-state index contributed by atoms with van der Waals surface area (Å²) in [5, 5.41) is 0. The van der Waals surface area contributed by atoms with Crippen LogP contribution in [0.2, 0.25) is 0 Å². The van der Waals surface area contributed by atoms with E-state index in [9.17, 15) is 4.79 Å². The third-order valence-electron chi connectivity index (χ3n) is 3.34. The molecule has 0 aliphatic carbocycles. The number of fused-ring (bicyclic) bond motifs is 1. The maximum absolute atomic E-state index is 11.4. The van der Waals surface area contributed by atoms with E-state index in [0.29, 0.717) is 0 Å². The van der Waals surface area contributed by atoms with Gasteiger partial charge in [0.25, 0.3) is 0 Å². The molecule has 0 aromatic heterocycles. The molecule has 0 N–H and O–H groups in total. The molecule has 0 amide bonds. The molecule has 1 aliphatic heterocycles. The van der Waals surface area contributed by atoms with Gasteiger partial charge in [-0.3, -0.25) is 4.79 Å². The molecule has 1 aliphatic rings. The van der Waals surface area contributed by atoms with Gasteiger partial charge in [-0.25, -0.2) is 0 Å². The minimum Gasteiger partial charge on any atom is -0.374 e. The summed E-state index contributed by atoms with van der Waals surface area (Å²) in [6, 6.07) is 6.11. The lowest BCUT2D eigenvalue weighted by atomic mass is 9.98. The lowest BCUT2D eigenvalue weighted by molar-refractivity contribution is 0.101. The topological polar surface area (TPSA) is 20.3 Å². The molecule has 1 aromatic carbocycles. The predicted octanol–water partition coefficient (Wildman–Crippen LogP) is 3.05. The first-order valence-corrected chi connectivity index (χ1v) is 6.03. The van der Waals surface area contributed by atoms with Crippen molar-refractivity contribution in [3.63, 3.8) is 0 Å².